The van der Waals surface area contributed by atoms with Crippen LogP contribution in [0.4, 0.5) is 0 Å². The van der Waals surface area contributed by atoms with E-state index in [0.29, 0.717) is 0 Å². The second-order valence-electron chi connectivity index (χ2n) is 2.27. The lowest BCUT2D eigenvalue weighted by molar-refractivity contribution is 1.39. The van der Waals surface area contributed by atoms with Crippen LogP contribution in [0.2, 0.25) is 0 Å². The number of aromatic nitrogens is 1. The molecule has 0 saturated carbocycles. The molecule has 2 aromatic rings. The number of nitrogens with zero attached hydrogens (tertiary/aromatic N) is 1. The highest BCUT2D eigenvalue weighted by molar-refractivity contribution is 9.10. The summed E-state index contributed by atoms with van der Waals surface area (Å²) in [4.78, 5) is 4.09. The van der Waals surface area contributed by atoms with Crippen LogP contribution < -0.4 is 0 Å². The molecule has 54 valence electrons. The summed E-state index contributed by atoms with van der Waals surface area (Å²) in [7, 11) is 0. The molecule has 0 fully saturated rings. The average molecular weight is 209 g/mol. The highest BCUT2D eigenvalue weighted by Gasteiger charge is 1.92. The van der Waals surface area contributed by atoms with Crippen LogP contribution in [0.25, 0.3) is 10.9 Å². The number of rotatable bonds is 0. The number of pyridine rings is 1. The molecule has 2 heteroatoms. The Morgan fingerprint density at radius 2 is 2.18 bits per heavy atom. The van der Waals surface area contributed by atoms with Gasteiger partial charge in [0.25, 0.3) is 0 Å². The second kappa shape index (κ2) is 2.62. The predicted octanol–water partition coefficient (Wildman–Crippen LogP) is 3.00. The Hall–Kier alpha value is -0.890. The summed E-state index contributed by atoms with van der Waals surface area (Å²) < 4.78 is 8.18. The molecule has 1 heterocycles. The SMILES string of the molecule is [2H]c1nc2ccccc2cc1Br. The van der Waals surface area contributed by atoms with Crippen molar-refractivity contribution < 1.29 is 1.37 Å². The minimum Gasteiger partial charge on any atom is -0.255 e. The number of para-hydroxylation sites is 1. The molecule has 1 aromatic heterocycles. The summed E-state index contributed by atoms with van der Waals surface area (Å²) in [6, 6.07) is 9.67. The zero-order chi connectivity index (χ0) is 8.55. The first-order valence-corrected chi connectivity index (χ1v) is 4.08. The van der Waals surface area contributed by atoms with Crippen molar-refractivity contribution in [2.24, 2.45) is 0 Å². The molecule has 0 aliphatic heterocycles. The van der Waals surface area contributed by atoms with Crippen molar-refractivity contribution in [1.29, 1.82) is 0 Å². The number of hydrogen-bond acceptors (Lipinski definition) is 1. The Morgan fingerprint density at radius 3 is 3.09 bits per heavy atom. The van der Waals surface area contributed by atoms with Gasteiger partial charge >= 0.3 is 0 Å². The first-order chi connectivity index (χ1) is 5.77. The third kappa shape index (κ3) is 1.26. The zero-order valence-corrected chi connectivity index (χ0v) is 7.30. The van der Waals surface area contributed by atoms with Crippen molar-refractivity contribution in [3.05, 3.63) is 41.0 Å². The largest absolute Gasteiger partial charge is 0.255 e. The lowest BCUT2D eigenvalue weighted by atomic mass is 10.2. The lowest BCUT2D eigenvalue weighted by Gasteiger charge is -1.94. The molecule has 0 N–H and O–H groups in total. The van der Waals surface area contributed by atoms with Crippen molar-refractivity contribution in [3.63, 3.8) is 0 Å². The summed E-state index contributed by atoms with van der Waals surface area (Å²) in [6.07, 6.45) is 0.286. The van der Waals surface area contributed by atoms with Crippen LogP contribution in [0.3, 0.4) is 0 Å². The monoisotopic (exact) mass is 208 g/mol. The maximum absolute atomic E-state index is 7.44. The van der Waals surface area contributed by atoms with Crippen LogP contribution in [0.1, 0.15) is 1.37 Å². The van der Waals surface area contributed by atoms with Gasteiger partial charge in [-0.2, -0.15) is 0 Å². The van der Waals surface area contributed by atoms with E-state index in [1.165, 1.54) is 0 Å². The van der Waals surface area contributed by atoms with Crippen LogP contribution in [0.15, 0.2) is 41.0 Å². The second-order valence-corrected chi connectivity index (χ2v) is 3.13. The Balaban J connectivity index is 2.84. The fourth-order valence-electron chi connectivity index (χ4n) is 0.994. The molecule has 1 nitrogen and oxygen atoms in total. The average Bonchev–Trinajstić information content (AvgIpc) is 2.07. The van der Waals surface area contributed by atoms with E-state index < -0.39 is 0 Å². The van der Waals surface area contributed by atoms with Gasteiger partial charge in [-0.1, -0.05) is 18.2 Å². The highest BCUT2D eigenvalue weighted by Crippen LogP contribution is 2.15. The van der Waals surface area contributed by atoms with Crippen molar-refractivity contribution in [2.45, 2.75) is 0 Å². The van der Waals surface area contributed by atoms with Gasteiger partial charge in [-0.05, 0) is 28.1 Å². The van der Waals surface area contributed by atoms with Crippen molar-refractivity contribution in [2.75, 3.05) is 0 Å². The van der Waals surface area contributed by atoms with E-state index in [9.17, 15) is 0 Å². The molecule has 0 amide bonds. The number of halogens is 1. The summed E-state index contributed by atoms with van der Waals surface area (Å²) in [6.45, 7) is 0. The van der Waals surface area contributed by atoms with Crippen molar-refractivity contribution >= 4 is 26.8 Å². The quantitative estimate of drug-likeness (QED) is 0.649. The molecular formula is C9H6BrN. The van der Waals surface area contributed by atoms with E-state index in [0.717, 1.165) is 15.4 Å². The van der Waals surface area contributed by atoms with E-state index in [1.54, 1.807) is 0 Å². The molecule has 11 heavy (non-hydrogen) atoms. The standard InChI is InChI=1S/C9H6BrN/c10-8-5-7-3-1-2-4-9(7)11-6-8/h1-6H/i6D. The Morgan fingerprint density at radius 1 is 1.36 bits per heavy atom. The van der Waals surface area contributed by atoms with Crippen molar-refractivity contribution in [3.8, 4) is 0 Å². The summed E-state index contributed by atoms with van der Waals surface area (Å²) >= 11 is 3.27. The third-order valence-electron chi connectivity index (χ3n) is 1.50. The molecule has 0 unspecified atom stereocenters. The first-order valence-electron chi connectivity index (χ1n) is 3.79. The molecule has 0 saturated heterocycles. The van der Waals surface area contributed by atoms with Gasteiger partial charge in [0.1, 0.15) is 0 Å². The van der Waals surface area contributed by atoms with Gasteiger partial charge in [0.2, 0.25) is 0 Å². The maximum Gasteiger partial charge on any atom is 0.0852 e. The topological polar surface area (TPSA) is 12.9 Å². The first kappa shape index (κ1) is 5.72. The van der Waals surface area contributed by atoms with Gasteiger partial charge in [0.05, 0.1) is 6.89 Å². The van der Waals surface area contributed by atoms with Crippen LogP contribution in [-0.2, 0) is 0 Å². The summed E-state index contributed by atoms with van der Waals surface area (Å²) in [5, 5.41) is 1.06. The summed E-state index contributed by atoms with van der Waals surface area (Å²) in [5.74, 6) is 0. The van der Waals surface area contributed by atoms with E-state index >= 15 is 0 Å². The minimum absolute atomic E-state index is 0.286. The molecule has 1 aromatic carbocycles. The van der Waals surface area contributed by atoms with E-state index in [1.807, 2.05) is 30.3 Å². The van der Waals surface area contributed by atoms with Crippen LogP contribution >= 0.6 is 15.9 Å². The highest BCUT2D eigenvalue weighted by atomic mass is 79.9. The molecule has 2 rings (SSSR count). The van der Waals surface area contributed by atoms with Gasteiger partial charge in [0, 0.05) is 16.0 Å². The third-order valence-corrected chi connectivity index (χ3v) is 1.91. The van der Waals surface area contributed by atoms with Gasteiger partial charge in [-0.15, -0.1) is 0 Å². The molecule has 0 radical (unpaired) electrons. The van der Waals surface area contributed by atoms with Gasteiger partial charge in [0.15, 0.2) is 0 Å². The Kier molecular flexibility index (Phi) is 1.37. The minimum atomic E-state index is 0.286. The predicted molar refractivity (Wildman–Crippen MR) is 49.4 cm³/mol. The molecule has 0 spiro atoms. The zero-order valence-electron chi connectivity index (χ0n) is 6.71. The fraction of sp³-hybridized carbons (Fsp3) is 0. The number of hydrogen-bond donors (Lipinski definition) is 0. The molecule has 0 aliphatic carbocycles. The molecule has 0 aliphatic rings. The smallest absolute Gasteiger partial charge is 0.0852 e. The number of benzene rings is 1. The lowest BCUT2D eigenvalue weighted by Crippen LogP contribution is -1.76. The van der Waals surface area contributed by atoms with Gasteiger partial charge in [-0.25, -0.2) is 0 Å². The van der Waals surface area contributed by atoms with Crippen molar-refractivity contribution in [1.82, 2.24) is 4.98 Å². The maximum atomic E-state index is 7.44. The van der Waals surface area contributed by atoms with Crippen LogP contribution in [-0.4, -0.2) is 4.98 Å². The van der Waals surface area contributed by atoms with E-state index in [4.69, 9.17) is 1.37 Å². The normalized spacial score (nSPS) is 11.5. The fourth-order valence-corrected chi connectivity index (χ4v) is 1.33. The summed E-state index contributed by atoms with van der Waals surface area (Å²) in [5.41, 5.74) is 0.866. The van der Waals surface area contributed by atoms with E-state index in [-0.39, 0.29) is 6.17 Å². The van der Waals surface area contributed by atoms with E-state index in [2.05, 4.69) is 20.9 Å². The van der Waals surface area contributed by atoms with Crippen LogP contribution in [0.5, 0.6) is 0 Å². The molecule has 0 atom stereocenters. The van der Waals surface area contributed by atoms with Crippen LogP contribution in [0, 0.1) is 0 Å². The molecule has 0 bridgehead atoms. The Labute approximate surface area is 74.6 Å². The van der Waals surface area contributed by atoms with Gasteiger partial charge < -0.3 is 0 Å². The molecular weight excluding hydrogens is 202 g/mol. The number of fused-ring (bicyclic) bond motifs is 1. The van der Waals surface area contributed by atoms with Gasteiger partial charge in [-0.3, -0.25) is 4.98 Å². The Bertz CT molecular complexity index is 387.